The molecule has 0 radical (unpaired) electrons. The lowest BCUT2D eigenvalue weighted by molar-refractivity contribution is 0.0240. The number of amides is 1. The van der Waals surface area contributed by atoms with Crippen molar-refractivity contribution in [3.63, 3.8) is 0 Å². The van der Waals surface area contributed by atoms with Crippen molar-refractivity contribution >= 4 is 17.6 Å². The number of rotatable bonds is 3. The van der Waals surface area contributed by atoms with Crippen LogP contribution in [0.25, 0.3) is 11.6 Å². The Morgan fingerprint density at radius 2 is 1.73 bits per heavy atom. The number of piperazine rings is 1. The first-order chi connectivity index (χ1) is 17.7. The van der Waals surface area contributed by atoms with Gasteiger partial charge in [0.2, 0.25) is 5.95 Å². The Morgan fingerprint density at radius 3 is 2.43 bits per heavy atom. The molecular weight excluding hydrogens is 475 g/mol. The van der Waals surface area contributed by atoms with E-state index in [0.717, 1.165) is 16.9 Å². The molecule has 5 rings (SSSR count). The van der Waals surface area contributed by atoms with Crippen LogP contribution < -0.4 is 9.80 Å². The van der Waals surface area contributed by atoms with Gasteiger partial charge in [-0.15, -0.1) is 0 Å². The van der Waals surface area contributed by atoms with Gasteiger partial charge in [-0.2, -0.15) is 4.39 Å². The third-order valence-electron chi connectivity index (χ3n) is 6.53. The Labute approximate surface area is 215 Å². The number of anilines is 2. The second-order valence-electron chi connectivity index (χ2n) is 10.2. The van der Waals surface area contributed by atoms with E-state index in [-0.39, 0.29) is 12.1 Å². The van der Waals surface area contributed by atoms with Crippen molar-refractivity contribution in [3.05, 3.63) is 54.0 Å². The molecule has 0 spiro atoms. The van der Waals surface area contributed by atoms with Crippen LogP contribution in [0.3, 0.4) is 0 Å². The third kappa shape index (κ3) is 5.45. The smallest absolute Gasteiger partial charge is 0.410 e. The summed E-state index contributed by atoms with van der Waals surface area (Å²) in [7, 11) is 0. The molecule has 1 saturated heterocycles. The van der Waals surface area contributed by atoms with Crippen LogP contribution in [0.1, 0.15) is 45.0 Å². The van der Waals surface area contributed by atoms with Crippen molar-refractivity contribution in [1.82, 2.24) is 29.8 Å². The number of carbonyl (C=O) groups is 1. The Balaban J connectivity index is 1.31. The molecule has 2 aliphatic rings. The highest BCUT2D eigenvalue weighted by Crippen LogP contribution is 2.34. The van der Waals surface area contributed by atoms with E-state index in [1.165, 1.54) is 6.07 Å². The van der Waals surface area contributed by atoms with Gasteiger partial charge in [-0.25, -0.2) is 29.7 Å². The summed E-state index contributed by atoms with van der Waals surface area (Å²) in [4.78, 5) is 40.1. The lowest BCUT2D eigenvalue weighted by Gasteiger charge is -2.38. The van der Waals surface area contributed by atoms with Crippen molar-refractivity contribution in [2.24, 2.45) is 0 Å². The lowest BCUT2D eigenvalue weighted by Crippen LogP contribution is -2.50. The van der Waals surface area contributed by atoms with Gasteiger partial charge in [-0.3, -0.25) is 0 Å². The van der Waals surface area contributed by atoms with Crippen LogP contribution in [0, 0.1) is 5.95 Å². The van der Waals surface area contributed by atoms with Crippen LogP contribution in [-0.2, 0) is 11.2 Å². The molecule has 1 fully saturated rings. The van der Waals surface area contributed by atoms with Crippen molar-refractivity contribution in [1.29, 1.82) is 0 Å². The highest BCUT2D eigenvalue weighted by Gasteiger charge is 2.30. The summed E-state index contributed by atoms with van der Waals surface area (Å²) in [5.74, 6) is 1.02. The van der Waals surface area contributed by atoms with Gasteiger partial charge in [-0.1, -0.05) is 0 Å². The number of pyridine rings is 1. The van der Waals surface area contributed by atoms with E-state index in [1.54, 1.807) is 29.6 Å². The number of aromatic nitrogens is 5. The van der Waals surface area contributed by atoms with Gasteiger partial charge >= 0.3 is 6.09 Å². The molecule has 5 heterocycles. The minimum Gasteiger partial charge on any atom is -0.444 e. The van der Waals surface area contributed by atoms with Crippen molar-refractivity contribution < 1.29 is 13.9 Å². The van der Waals surface area contributed by atoms with Crippen molar-refractivity contribution in [2.75, 3.05) is 42.5 Å². The summed E-state index contributed by atoms with van der Waals surface area (Å²) in [6.07, 6.45) is 5.49. The molecule has 0 N–H and O–H groups in total. The van der Waals surface area contributed by atoms with Crippen LogP contribution in [-0.4, -0.2) is 74.2 Å². The third-order valence-corrected chi connectivity index (χ3v) is 6.53. The van der Waals surface area contributed by atoms with E-state index in [1.807, 2.05) is 33.8 Å². The topological polar surface area (TPSA) is 100 Å². The SMILES string of the molecule is CC1c2cnc(-c3ncccn3)nc2CCN1c1cc(N2CCN(C(=O)OC(C)(C)C)CC2)cc(F)n1. The number of nitrogens with zero attached hydrogens (tertiary/aromatic N) is 8. The predicted octanol–water partition coefficient (Wildman–Crippen LogP) is 3.65. The van der Waals surface area contributed by atoms with E-state index in [4.69, 9.17) is 9.72 Å². The molecule has 0 bridgehead atoms. The summed E-state index contributed by atoms with van der Waals surface area (Å²) >= 11 is 0. The quantitative estimate of drug-likeness (QED) is 0.493. The lowest BCUT2D eigenvalue weighted by atomic mass is 9.99. The van der Waals surface area contributed by atoms with Crippen LogP contribution >= 0.6 is 0 Å². The van der Waals surface area contributed by atoms with E-state index >= 15 is 0 Å². The molecule has 2 aliphatic heterocycles. The normalized spacial score (nSPS) is 18.0. The molecule has 3 aromatic heterocycles. The zero-order valence-corrected chi connectivity index (χ0v) is 21.6. The standard InChI is InChI=1S/C26H31FN8O2/c1-17-19-16-30-24(23-28-7-5-8-29-23)31-20(19)6-9-35(17)22-15-18(14-21(27)32-22)33-10-12-34(13-11-33)25(36)37-26(2,3)4/h5,7-8,14-17H,6,9-13H2,1-4H3. The van der Waals surface area contributed by atoms with Gasteiger partial charge in [0.1, 0.15) is 11.4 Å². The summed E-state index contributed by atoms with van der Waals surface area (Å²) < 4.78 is 20.2. The Morgan fingerprint density at radius 1 is 1.00 bits per heavy atom. The summed E-state index contributed by atoms with van der Waals surface area (Å²) in [6.45, 7) is 10.4. The van der Waals surface area contributed by atoms with Gasteiger partial charge in [0.05, 0.1) is 11.7 Å². The first kappa shape index (κ1) is 24.8. The van der Waals surface area contributed by atoms with Crippen molar-refractivity contribution in [3.8, 4) is 11.6 Å². The van der Waals surface area contributed by atoms with Gasteiger partial charge < -0.3 is 19.4 Å². The van der Waals surface area contributed by atoms with E-state index in [2.05, 4.69) is 29.7 Å². The molecule has 11 heteroatoms. The highest BCUT2D eigenvalue weighted by molar-refractivity contribution is 5.69. The fraction of sp³-hybridized carbons (Fsp3) is 0.462. The maximum Gasteiger partial charge on any atom is 0.410 e. The molecule has 37 heavy (non-hydrogen) atoms. The van der Waals surface area contributed by atoms with Gasteiger partial charge in [0.15, 0.2) is 11.6 Å². The van der Waals surface area contributed by atoms with Crippen molar-refractivity contribution in [2.45, 2.75) is 45.8 Å². The van der Waals surface area contributed by atoms with E-state index in [0.29, 0.717) is 56.6 Å². The molecule has 3 aromatic rings. The molecule has 1 atom stereocenters. The molecule has 10 nitrogen and oxygen atoms in total. The van der Waals surface area contributed by atoms with Gasteiger partial charge in [0.25, 0.3) is 0 Å². The number of halogens is 1. The molecule has 194 valence electrons. The fourth-order valence-corrected chi connectivity index (χ4v) is 4.67. The summed E-state index contributed by atoms with van der Waals surface area (Å²) in [5, 5.41) is 0. The molecule has 0 saturated carbocycles. The monoisotopic (exact) mass is 506 g/mol. The number of ether oxygens (including phenoxy) is 1. The first-order valence-electron chi connectivity index (χ1n) is 12.5. The molecule has 0 aromatic carbocycles. The van der Waals surface area contributed by atoms with Gasteiger partial charge in [-0.05, 0) is 33.8 Å². The maximum absolute atomic E-state index is 14.7. The van der Waals surface area contributed by atoms with Crippen LogP contribution in [0.15, 0.2) is 36.8 Å². The Hall–Kier alpha value is -3.89. The number of fused-ring (bicyclic) bond motifs is 1. The number of hydrogen-bond acceptors (Lipinski definition) is 9. The second kappa shape index (κ2) is 9.87. The largest absolute Gasteiger partial charge is 0.444 e. The minimum absolute atomic E-state index is 0.0827. The van der Waals surface area contributed by atoms with Gasteiger partial charge in [0, 0.05) is 81.1 Å². The van der Waals surface area contributed by atoms with Crippen LogP contribution in [0.5, 0.6) is 0 Å². The zero-order chi connectivity index (χ0) is 26.2. The highest BCUT2D eigenvalue weighted by atomic mass is 19.1. The first-order valence-corrected chi connectivity index (χ1v) is 12.5. The predicted molar refractivity (Wildman–Crippen MR) is 137 cm³/mol. The van der Waals surface area contributed by atoms with Crippen LogP contribution in [0.2, 0.25) is 0 Å². The Kier molecular flexibility index (Phi) is 6.61. The average Bonchev–Trinajstić information content (AvgIpc) is 2.88. The average molecular weight is 507 g/mol. The zero-order valence-electron chi connectivity index (χ0n) is 21.6. The molecular formula is C26H31FN8O2. The van der Waals surface area contributed by atoms with E-state index in [9.17, 15) is 9.18 Å². The summed E-state index contributed by atoms with van der Waals surface area (Å²) in [5.41, 5.74) is 2.13. The van der Waals surface area contributed by atoms with Crippen LogP contribution in [0.4, 0.5) is 20.7 Å². The summed E-state index contributed by atoms with van der Waals surface area (Å²) in [6, 6.07) is 5.04. The second-order valence-corrected chi connectivity index (χ2v) is 10.2. The molecule has 0 aliphatic carbocycles. The molecule has 1 amide bonds. The minimum atomic E-state index is -0.539. The molecule has 1 unspecified atom stereocenters. The Bertz CT molecular complexity index is 1280. The fourth-order valence-electron chi connectivity index (χ4n) is 4.67. The number of carbonyl (C=O) groups excluding carboxylic acids is 1. The maximum atomic E-state index is 14.7. The van der Waals surface area contributed by atoms with E-state index < -0.39 is 11.5 Å². The number of hydrogen-bond donors (Lipinski definition) is 0.